The van der Waals surface area contributed by atoms with Crippen LogP contribution in [0, 0.1) is 0 Å². The van der Waals surface area contributed by atoms with E-state index in [1.807, 2.05) is 0 Å². The Kier molecular flexibility index (Phi) is 6.78. The summed E-state index contributed by atoms with van der Waals surface area (Å²) in [6, 6.07) is -1.88. The summed E-state index contributed by atoms with van der Waals surface area (Å²) < 4.78 is 0. The number of rotatable bonds is 8. The number of carboxylic acids is 1. The zero-order chi connectivity index (χ0) is 15.0. The fourth-order valence-electron chi connectivity index (χ4n) is 2.12. The molecule has 1 saturated heterocycles. The molecule has 3 amide bonds. The molecule has 0 bridgehead atoms. The zero-order valence-electron chi connectivity index (χ0n) is 11.4. The first-order valence-corrected chi connectivity index (χ1v) is 6.77. The van der Waals surface area contributed by atoms with Crippen LogP contribution in [0.5, 0.6) is 0 Å². The van der Waals surface area contributed by atoms with Crippen LogP contribution >= 0.6 is 0 Å². The topological polar surface area (TPSA) is 125 Å². The Hall–Kier alpha value is -1.83. The molecule has 0 saturated carbocycles. The van der Waals surface area contributed by atoms with Gasteiger partial charge < -0.3 is 26.4 Å². The van der Waals surface area contributed by atoms with Gasteiger partial charge in [0.25, 0.3) is 0 Å². The van der Waals surface area contributed by atoms with Crippen LogP contribution in [0.1, 0.15) is 25.7 Å². The second-order valence-corrected chi connectivity index (χ2v) is 4.86. The van der Waals surface area contributed by atoms with Crippen LogP contribution in [0.25, 0.3) is 0 Å². The summed E-state index contributed by atoms with van der Waals surface area (Å²) in [4.78, 5) is 35.3. The van der Waals surface area contributed by atoms with Crippen LogP contribution < -0.4 is 16.4 Å². The SMILES string of the molecule is NC(=O)C[C@@H](NC(=O)NCCCN1CCCC1)C(=O)O. The Balaban J connectivity index is 2.17. The molecule has 5 N–H and O–H groups in total. The average Bonchev–Trinajstić information content (AvgIpc) is 2.86. The minimum absolute atomic E-state index is 0.420. The molecule has 20 heavy (non-hydrogen) atoms. The maximum absolute atomic E-state index is 11.5. The molecule has 0 radical (unpaired) electrons. The lowest BCUT2D eigenvalue weighted by Crippen LogP contribution is -2.48. The molecule has 0 aromatic carbocycles. The van der Waals surface area contributed by atoms with Crippen molar-refractivity contribution in [2.75, 3.05) is 26.2 Å². The van der Waals surface area contributed by atoms with Crippen LogP contribution in [0.4, 0.5) is 4.79 Å². The normalized spacial score (nSPS) is 16.6. The number of urea groups is 1. The van der Waals surface area contributed by atoms with Crippen LogP contribution in [0.3, 0.4) is 0 Å². The van der Waals surface area contributed by atoms with Crippen molar-refractivity contribution in [1.82, 2.24) is 15.5 Å². The van der Waals surface area contributed by atoms with E-state index in [1.165, 1.54) is 12.8 Å². The predicted molar refractivity (Wildman–Crippen MR) is 72.1 cm³/mol. The Morgan fingerprint density at radius 1 is 1.25 bits per heavy atom. The van der Waals surface area contributed by atoms with Crippen molar-refractivity contribution in [2.45, 2.75) is 31.7 Å². The monoisotopic (exact) mass is 286 g/mol. The van der Waals surface area contributed by atoms with E-state index in [-0.39, 0.29) is 0 Å². The summed E-state index contributed by atoms with van der Waals surface area (Å²) in [5, 5.41) is 13.6. The van der Waals surface area contributed by atoms with Gasteiger partial charge >= 0.3 is 12.0 Å². The first kappa shape index (κ1) is 16.2. The fraction of sp³-hybridized carbons (Fsp3) is 0.750. The molecule has 1 heterocycles. The van der Waals surface area contributed by atoms with Gasteiger partial charge in [-0.1, -0.05) is 0 Å². The first-order valence-electron chi connectivity index (χ1n) is 6.77. The van der Waals surface area contributed by atoms with Crippen LogP contribution in [0.15, 0.2) is 0 Å². The quantitative estimate of drug-likeness (QED) is 0.430. The van der Waals surface area contributed by atoms with Crippen LogP contribution in [0.2, 0.25) is 0 Å². The molecule has 0 aliphatic carbocycles. The molecular formula is C12H22N4O4. The molecule has 0 aromatic rings. The Morgan fingerprint density at radius 3 is 2.45 bits per heavy atom. The van der Waals surface area contributed by atoms with E-state index in [9.17, 15) is 14.4 Å². The molecule has 0 spiro atoms. The third-order valence-corrected chi connectivity index (χ3v) is 3.14. The van der Waals surface area contributed by atoms with Crippen molar-refractivity contribution in [1.29, 1.82) is 0 Å². The highest BCUT2D eigenvalue weighted by molar-refractivity contribution is 5.87. The van der Waals surface area contributed by atoms with Gasteiger partial charge in [-0.25, -0.2) is 9.59 Å². The molecule has 1 aliphatic heterocycles. The smallest absolute Gasteiger partial charge is 0.326 e. The van der Waals surface area contributed by atoms with Gasteiger partial charge in [0, 0.05) is 6.54 Å². The molecule has 8 nitrogen and oxygen atoms in total. The van der Waals surface area contributed by atoms with E-state index in [2.05, 4.69) is 15.5 Å². The van der Waals surface area contributed by atoms with Crippen molar-refractivity contribution in [3.8, 4) is 0 Å². The van der Waals surface area contributed by atoms with Gasteiger partial charge in [-0.15, -0.1) is 0 Å². The number of hydrogen-bond acceptors (Lipinski definition) is 4. The van der Waals surface area contributed by atoms with E-state index in [0.29, 0.717) is 6.54 Å². The second kappa shape index (κ2) is 8.36. The summed E-state index contributed by atoms with van der Waals surface area (Å²) in [6.45, 7) is 3.59. The highest BCUT2D eigenvalue weighted by Gasteiger charge is 2.21. The number of hydrogen-bond donors (Lipinski definition) is 4. The largest absolute Gasteiger partial charge is 0.480 e. The van der Waals surface area contributed by atoms with Crippen molar-refractivity contribution in [3.63, 3.8) is 0 Å². The highest BCUT2D eigenvalue weighted by Crippen LogP contribution is 2.06. The molecule has 1 rings (SSSR count). The third kappa shape index (κ3) is 6.37. The molecule has 0 unspecified atom stereocenters. The number of carbonyl (C=O) groups excluding carboxylic acids is 2. The predicted octanol–water partition coefficient (Wildman–Crippen LogP) is -0.900. The lowest BCUT2D eigenvalue weighted by Gasteiger charge is -2.16. The number of nitrogens with two attached hydrogens (primary N) is 1. The summed E-state index contributed by atoms with van der Waals surface area (Å²) in [7, 11) is 0. The standard InChI is InChI=1S/C12H22N4O4/c13-10(17)8-9(11(18)19)15-12(20)14-4-3-7-16-5-1-2-6-16/h9H,1-8H2,(H2,13,17)(H,18,19)(H2,14,15,20)/t9-/m1/s1. The molecule has 0 aromatic heterocycles. The van der Waals surface area contributed by atoms with Crippen molar-refractivity contribution >= 4 is 17.9 Å². The van der Waals surface area contributed by atoms with Gasteiger partial charge in [-0.05, 0) is 38.9 Å². The Bertz CT molecular complexity index is 355. The summed E-state index contributed by atoms with van der Waals surface area (Å²) >= 11 is 0. The molecule has 114 valence electrons. The molecule has 1 fully saturated rings. The average molecular weight is 286 g/mol. The van der Waals surface area contributed by atoms with Crippen LogP contribution in [-0.2, 0) is 9.59 Å². The van der Waals surface area contributed by atoms with E-state index < -0.39 is 30.4 Å². The second-order valence-electron chi connectivity index (χ2n) is 4.86. The van der Waals surface area contributed by atoms with Crippen molar-refractivity contribution < 1.29 is 19.5 Å². The number of likely N-dealkylation sites (tertiary alicyclic amines) is 1. The molecule has 8 heteroatoms. The zero-order valence-corrected chi connectivity index (χ0v) is 11.4. The van der Waals surface area contributed by atoms with E-state index in [0.717, 1.165) is 26.1 Å². The molecule has 1 atom stereocenters. The maximum atomic E-state index is 11.5. The lowest BCUT2D eigenvalue weighted by molar-refractivity contribution is -0.140. The summed E-state index contributed by atoms with van der Waals surface area (Å²) in [5.41, 5.74) is 4.92. The highest BCUT2D eigenvalue weighted by atomic mass is 16.4. The van der Waals surface area contributed by atoms with Crippen molar-refractivity contribution in [3.05, 3.63) is 0 Å². The Labute approximate surface area is 117 Å². The van der Waals surface area contributed by atoms with Crippen LogP contribution in [-0.4, -0.2) is 60.1 Å². The van der Waals surface area contributed by atoms with Crippen molar-refractivity contribution in [2.24, 2.45) is 5.73 Å². The van der Waals surface area contributed by atoms with Gasteiger partial charge in [-0.3, -0.25) is 4.79 Å². The minimum atomic E-state index is -1.29. The number of primary amides is 1. The first-order chi connectivity index (χ1) is 9.49. The number of carboxylic acid groups (broad SMARTS) is 1. The number of nitrogens with one attached hydrogen (secondary N) is 2. The van der Waals surface area contributed by atoms with Gasteiger partial charge in [0.15, 0.2) is 0 Å². The number of nitrogens with zero attached hydrogens (tertiary/aromatic N) is 1. The summed E-state index contributed by atoms with van der Waals surface area (Å²) in [6.07, 6.45) is 2.83. The van der Waals surface area contributed by atoms with E-state index >= 15 is 0 Å². The maximum Gasteiger partial charge on any atom is 0.326 e. The Morgan fingerprint density at radius 2 is 1.90 bits per heavy atom. The molecule has 1 aliphatic rings. The minimum Gasteiger partial charge on any atom is -0.480 e. The number of amides is 3. The third-order valence-electron chi connectivity index (χ3n) is 3.14. The van der Waals surface area contributed by atoms with Gasteiger partial charge in [0.05, 0.1) is 6.42 Å². The van der Waals surface area contributed by atoms with Gasteiger partial charge in [-0.2, -0.15) is 0 Å². The molecular weight excluding hydrogens is 264 g/mol. The van der Waals surface area contributed by atoms with Gasteiger partial charge in [0.2, 0.25) is 5.91 Å². The lowest BCUT2D eigenvalue weighted by atomic mass is 10.2. The van der Waals surface area contributed by atoms with E-state index in [4.69, 9.17) is 10.8 Å². The number of carbonyl (C=O) groups is 3. The van der Waals surface area contributed by atoms with Gasteiger partial charge in [0.1, 0.15) is 6.04 Å². The summed E-state index contributed by atoms with van der Waals surface area (Å²) in [5.74, 6) is -2.05. The fourth-order valence-corrected chi connectivity index (χ4v) is 2.12. The number of aliphatic carboxylic acids is 1. The van der Waals surface area contributed by atoms with E-state index in [1.54, 1.807) is 0 Å².